The van der Waals surface area contributed by atoms with Crippen LogP contribution in [0.3, 0.4) is 0 Å². The SMILES string of the molecule is Cn1nc(N)cc1-c1cc2cccc(F)c2n1C. The largest absolute Gasteiger partial charge is 0.382 e. The Bertz CT molecular complexity index is 739. The molecule has 0 aliphatic heterocycles. The third-order valence-electron chi connectivity index (χ3n) is 3.17. The van der Waals surface area contributed by atoms with E-state index in [1.165, 1.54) is 6.07 Å². The smallest absolute Gasteiger partial charge is 0.147 e. The third-order valence-corrected chi connectivity index (χ3v) is 3.17. The highest BCUT2D eigenvalue weighted by Crippen LogP contribution is 2.29. The molecule has 3 rings (SSSR count). The molecule has 18 heavy (non-hydrogen) atoms. The topological polar surface area (TPSA) is 48.8 Å². The van der Waals surface area contributed by atoms with Gasteiger partial charge in [0.25, 0.3) is 0 Å². The van der Waals surface area contributed by atoms with Crippen LogP contribution in [0, 0.1) is 5.82 Å². The highest BCUT2D eigenvalue weighted by Gasteiger charge is 2.14. The predicted molar refractivity (Wildman–Crippen MR) is 69.5 cm³/mol. The zero-order valence-corrected chi connectivity index (χ0v) is 10.2. The summed E-state index contributed by atoms with van der Waals surface area (Å²) in [6, 6.07) is 8.78. The molecule has 0 bridgehead atoms. The zero-order chi connectivity index (χ0) is 12.9. The summed E-state index contributed by atoms with van der Waals surface area (Å²) in [5.74, 6) is 0.231. The number of hydrogen-bond donors (Lipinski definition) is 1. The molecule has 2 heterocycles. The summed E-state index contributed by atoms with van der Waals surface area (Å²) >= 11 is 0. The van der Waals surface area contributed by atoms with E-state index in [1.54, 1.807) is 16.8 Å². The molecule has 0 radical (unpaired) electrons. The van der Waals surface area contributed by atoms with Crippen LogP contribution in [0.15, 0.2) is 30.3 Å². The molecule has 0 saturated heterocycles. The normalized spacial score (nSPS) is 11.3. The Kier molecular flexibility index (Phi) is 2.16. The second-order valence-corrected chi connectivity index (χ2v) is 4.34. The Morgan fingerprint density at radius 3 is 2.56 bits per heavy atom. The molecule has 5 heteroatoms. The van der Waals surface area contributed by atoms with Crippen LogP contribution in [0.2, 0.25) is 0 Å². The van der Waals surface area contributed by atoms with Gasteiger partial charge in [0.05, 0.1) is 16.9 Å². The van der Waals surface area contributed by atoms with E-state index in [1.807, 2.05) is 30.8 Å². The molecule has 4 nitrogen and oxygen atoms in total. The highest BCUT2D eigenvalue weighted by molar-refractivity contribution is 5.87. The van der Waals surface area contributed by atoms with Gasteiger partial charge in [-0.1, -0.05) is 12.1 Å². The van der Waals surface area contributed by atoms with Gasteiger partial charge in [-0.15, -0.1) is 0 Å². The molecule has 0 amide bonds. The Morgan fingerprint density at radius 1 is 1.17 bits per heavy atom. The zero-order valence-electron chi connectivity index (χ0n) is 10.2. The molecule has 0 spiro atoms. The molecular formula is C13H13FN4. The van der Waals surface area contributed by atoms with E-state index >= 15 is 0 Å². The minimum Gasteiger partial charge on any atom is -0.382 e. The molecule has 0 aliphatic carbocycles. The van der Waals surface area contributed by atoms with Crippen molar-refractivity contribution in [2.45, 2.75) is 0 Å². The number of benzene rings is 1. The molecule has 0 aliphatic rings. The molecular weight excluding hydrogens is 231 g/mol. The van der Waals surface area contributed by atoms with E-state index in [-0.39, 0.29) is 5.82 Å². The van der Waals surface area contributed by atoms with Crippen molar-refractivity contribution in [1.82, 2.24) is 14.3 Å². The van der Waals surface area contributed by atoms with Gasteiger partial charge in [0, 0.05) is 25.5 Å². The van der Waals surface area contributed by atoms with E-state index in [9.17, 15) is 4.39 Å². The van der Waals surface area contributed by atoms with Gasteiger partial charge in [0.2, 0.25) is 0 Å². The van der Waals surface area contributed by atoms with Gasteiger partial charge in [-0.2, -0.15) is 5.10 Å². The molecule has 0 atom stereocenters. The monoisotopic (exact) mass is 244 g/mol. The minimum atomic E-state index is -0.226. The summed E-state index contributed by atoms with van der Waals surface area (Å²) in [5.41, 5.74) is 8.02. The standard InChI is InChI=1S/C13H13FN4/c1-17-10(11-7-12(15)16-18(11)2)6-8-4-3-5-9(14)13(8)17/h3-7H,1-2H3,(H2,15,16). The second kappa shape index (κ2) is 3.60. The second-order valence-electron chi connectivity index (χ2n) is 4.34. The molecule has 0 fully saturated rings. The number of aromatic nitrogens is 3. The number of aryl methyl sites for hydroxylation is 2. The lowest BCUT2D eigenvalue weighted by atomic mass is 10.2. The summed E-state index contributed by atoms with van der Waals surface area (Å²) in [6.07, 6.45) is 0. The van der Waals surface area contributed by atoms with Gasteiger partial charge in [0.1, 0.15) is 11.6 Å². The maximum Gasteiger partial charge on any atom is 0.147 e. The van der Waals surface area contributed by atoms with Crippen molar-refractivity contribution in [2.24, 2.45) is 14.1 Å². The van der Waals surface area contributed by atoms with E-state index in [4.69, 9.17) is 5.73 Å². The highest BCUT2D eigenvalue weighted by atomic mass is 19.1. The maximum absolute atomic E-state index is 13.8. The van der Waals surface area contributed by atoms with Crippen LogP contribution in [0.25, 0.3) is 22.3 Å². The van der Waals surface area contributed by atoms with Crippen molar-refractivity contribution in [3.63, 3.8) is 0 Å². The number of rotatable bonds is 1. The Morgan fingerprint density at radius 2 is 1.94 bits per heavy atom. The van der Waals surface area contributed by atoms with Crippen molar-refractivity contribution in [3.8, 4) is 11.4 Å². The lowest BCUT2D eigenvalue weighted by molar-refractivity contribution is 0.632. The first-order valence-corrected chi connectivity index (χ1v) is 5.62. The van der Waals surface area contributed by atoms with Crippen molar-refractivity contribution in [1.29, 1.82) is 0 Å². The average Bonchev–Trinajstić information content (AvgIpc) is 2.80. The number of nitrogen functional groups attached to an aromatic ring is 1. The van der Waals surface area contributed by atoms with Crippen LogP contribution in [-0.2, 0) is 14.1 Å². The first kappa shape index (κ1) is 10.8. The summed E-state index contributed by atoms with van der Waals surface area (Å²) in [6.45, 7) is 0. The van der Waals surface area contributed by atoms with Crippen molar-refractivity contribution in [3.05, 3.63) is 36.1 Å². The van der Waals surface area contributed by atoms with Crippen molar-refractivity contribution in [2.75, 3.05) is 5.73 Å². The molecule has 3 aromatic rings. The molecule has 0 unspecified atom stereocenters. The molecule has 1 aromatic carbocycles. The van der Waals surface area contributed by atoms with Crippen LogP contribution in [0.1, 0.15) is 0 Å². The van der Waals surface area contributed by atoms with Crippen LogP contribution in [0.4, 0.5) is 10.2 Å². The van der Waals surface area contributed by atoms with Gasteiger partial charge >= 0.3 is 0 Å². The van der Waals surface area contributed by atoms with Crippen molar-refractivity contribution < 1.29 is 4.39 Å². The summed E-state index contributed by atoms with van der Waals surface area (Å²) in [4.78, 5) is 0. The lowest BCUT2D eigenvalue weighted by Gasteiger charge is -2.04. The van der Waals surface area contributed by atoms with Gasteiger partial charge in [0.15, 0.2) is 0 Å². The van der Waals surface area contributed by atoms with E-state index in [0.29, 0.717) is 11.3 Å². The number of hydrogen-bond acceptors (Lipinski definition) is 2. The Hall–Kier alpha value is -2.30. The lowest BCUT2D eigenvalue weighted by Crippen LogP contribution is -1.99. The summed E-state index contributed by atoms with van der Waals surface area (Å²) in [5, 5.41) is 4.98. The number of para-hydroxylation sites is 1. The number of fused-ring (bicyclic) bond motifs is 1. The first-order valence-electron chi connectivity index (χ1n) is 5.62. The van der Waals surface area contributed by atoms with Crippen molar-refractivity contribution >= 4 is 16.7 Å². The van der Waals surface area contributed by atoms with Gasteiger partial charge in [-0.25, -0.2) is 4.39 Å². The van der Waals surface area contributed by atoms with Gasteiger partial charge < -0.3 is 10.3 Å². The number of nitrogens with two attached hydrogens (primary N) is 1. The minimum absolute atomic E-state index is 0.226. The first-order chi connectivity index (χ1) is 8.58. The average molecular weight is 244 g/mol. The van der Waals surface area contributed by atoms with Crippen LogP contribution >= 0.6 is 0 Å². The fourth-order valence-electron chi connectivity index (χ4n) is 2.34. The summed E-state index contributed by atoms with van der Waals surface area (Å²) < 4.78 is 17.3. The van der Waals surface area contributed by atoms with E-state index in [0.717, 1.165) is 16.8 Å². The number of halogens is 1. The predicted octanol–water partition coefficient (Wildman–Crippen LogP) is 2.30. The van der Waals surface area contributed by atoms with Crippen LogP contribution in [0.5, 0.6) is 0 Å². The van der Waals surface area contributed by atoms with Gasteiger partial charge in [-0.05, 0) is 12.1 Å². The molecule has 0 saturated carbocycles. The number of anilines is 1. The van der Waals surface area contributed by atoms with E-state index < -0.39 is 0 Å². The quantitative estimate of drug-likeness (QED) is 0.714. The molecule has 2 N–H and O–H groups in total. The van der Waals surface area contributed by atoms with Crippen LogP contribution in [-0.4, -0.2) is 14.3 Å². The van der Waals surface area contributed by atoms with E-state index in [2.05, 4.69) is 5.10 Å². The number of nitrogens with zero attached hydrogens (tertiary/aromatic N) is 3. The Labute approximate surface area is 103 Å². The maximum atomic E-state index is 13.8. The van der Waals surface area contributed by atoms with Crippen LogP contribution < -0.4 is 5.73 Å². The third kappa shape index (κ3) is 1.40. The fraction of sp³-hybridized carbons (Fsp3) is 0.154. The fourth-order valence-corrected chi connectivity index (χ4v) is 2.34. The summed E-state index contributed by atoms with van der Waals surface area (Å²) in [7, 11) is 3.66. The Balaban J connectivity index is 2.34. The molecule has 2 aromatic heterocycles. The van der Waals surface area contributed by atoms with Gasteiger partial charge in [-0.3, -0.25) is 4.68 Å². The molecule has 92 valence electrons.